The van der Waals surface area contributed by atoms with E-state index in [2.05, 4.69) is 26.1 Å². The number of nitro groups is 1. The van der Waals surface area contributed by atoms with Gasteiger partial charge in [0.1, 0.15) is 12.4 Å². The minimum Gasteiger partial charge on any atom is -0.330 e. The van der Waals surface area contributed by atoms with E-state index in [1.165, 1.54) is 23.1 Å². The molecule has 0 aliphatic heterocycles. The first-order chi connectivity index (χ1) is 20.0. The van der Waals surface area contributed by atoms with E-state index in [0.717, 1.165) is 22.5 Å². The number of nitrogens with one attached hydrogen (secondary N) is 1. The molecule has 9 nitrogen and oxygen atoms in total. The van der Waals surface area contributed by atoms with Crippen molar-refractivity contribution in [2.24, 2.45) is 0 Å². The molecule has 0 saturated heterocycles. The molecule has 2 amide bonds. The third kappa shape index (κ3) is 7.78. The fraction of sp³-hybridized carbons (Fsp3) is 0.242. The Balaban J connectivity index is 1.55. The topological polar surface area (TPSA) is 110 Å². The SMILES string of the molecule is Cc1ccccc1-n1nc(C(C)(C)C)cc1NC(=O)CN(CCc1ccccc1)C(=O)/C=C/c1ccc([N+](=O)[O-])cc1. The van der Waals surface area contributed by atoms with E-state index < -0.39 is 4.92 Å². The van der Waals surface area contributed by atoms with Gasteiger partial charge in [-0.1, -0.05) is 69.3 Å². The highest BCUT2D eigenvalue weighted by molar-refractivity contribution is 5.98. The van der Waals surface area contributed by atoms with E-state index in [1.54, 1.807) is 22.9 Å². The molecule has 4 rings (SSSR count). The summed E-state index contributed by atoms with van der Waals surface area (Å²) in [5.41, 5.74) is 4.09. The first kappa shape index (κ1) is 29.9. The summed E-state index contributed by atoms with van der Waals surface area (Å²) >= 11 is 0. The van der Waals surface area contributed by atoms with Crippen molar-refractivity contribution in [3.63, 3.8) is 0 Å². The van der Waals surface area contributed by atoms with Crippen LogP contribution in [0.2, 0.25) is 0 Å². The zero-order valence-corrected chi connectivity index (χ0v) is 24.3. The number of carbonyl (C=O) groups excluding carboxylic acids is 2. The first-order valence-electron chi connectivity index (χ1n) is 13.7. The van der Waals surface area contributed by atoms with Crippen molar-refractivity contribution in [3.05, 3.63) is 124 Å². The van der Waals surface area contributed by atoms with Crippen LogP contribution in [-0.2, 0) is 21.4 Å². The number of rotatable bonds is 10. The predicted molar refractivity (Wildman–Crippen MR) is 164 cm³/mol. The Morgan fingerprint density at radius 1 is 1.00 bits per heavy atom. The number of non-ortho nitro benzene ring substituents is 1. The molecule has 0 fully saturated rings. The molecule has 0 saturated carbocycles. The number of nitro benzene ring substituents is 1. The highest BCUT2D eigenvalue weighted by Gasteiger charge is 2.23. The van der Waals surface area contributed by atoms with Crippen molar-refractivity contribution in [3.8, 4) is 5.69 Å². The van der Waals surface area contributed by atoms with Crippen LogP contribution in [0.1, 0.15) is 43.2 Å². The van der Waals surface area contributed by atoms with Crippen molar-refractivity contribution in [2.75, 3.05) is 18.4 Å². The van der Waals surface area contributed by atoms with Crippen LogP contribution in [0.4, 0.5) is 11.5 Å². The zero-order valence-electron chi connectivity index (χ0n) is 24.3. The molecule has 3 aromatic carbocycles. The number of hydrogen-bond acceptors (Lipinski definition) is 5. The van der Waals surface area contributed by atoms with Crippen LogP contribution in [0.3, 0.4) is 0 Å². The smallest absolute Gasteiger partial charge is 0.269 e. The lowest BCUT2D eigenvalue weighted by molar-refractivity contribution is -0.384. The van der Waals surface area contributed by atoms with Crippen molar-refractivity contribution >= 4 is 29.4 Å². The maximum Gasteiger partial charge on any atom is 0.269 e. The van der Waals surface area contributed by atoms with E-state index in [-0.39, 0.29) is 29.5 Å². The molecule has 216 valence electrons. The van der Waals surface area contributed by atoms with Gasteiger partial charge in [-0.15, -0.1) is 0 Å². The fourth-order valence-corrected chi connectivity index (χ4v) is 4.33. The molecule has 0 aliphatic rings. The van der Waals surface area contributed by atoms with E-state index >= 15 is 0 Å². The van der Waals surface area contributed by atoms with Crippen LogP contribution in [0.5, 0.6) is 0 Å². The Morgan fingerprint density at radius 3 is 2.31 bits per heavy atom. The number of aryl methyl sites for hydroxylation is 1. The van der Waals surface area contributed by atoms with E-state index in [9.17, 15) is 19.7 Å². The molecule has 1 aromatic heterocycles. The van der Waals surface area contributed by atoms with Gasteiger partial charge in [-0.3, -0.25) is 19.7 Å². The summed E-state index contributed by atoms with van der Waals surface area (Å²) in [6.45, 7) is 8.32. The third-order valence-corrected chi connectivity index (χ3v) is 6.77. The highest BCUT2D eigenvalue weighted by Crippen LogP contribution is 2.27. The lowest BCUT2D eigenvalue weighted by atomic mass is 9.92. The number of carbonyl (C=O) groups is 2. The standard InChI is InChI=1S/C33H35N5O4/c1-24-10-8-9-13-28(24)37-30(22-29(35-37)33(2,3)4)34-31(39)23-36(21-20-25-11-6-5-7-12-25)32(40)19-16-26-14-17-27(18-15-26)38(41)42/h5-19,22H,20-21,23H2,1-4H3,(H,34,39)/b19-16+. The van der Waals surface area contributed by atoms with Gasteiger partial charge in [0.2, 0.25) is 11.8 Å². The van der Waals surface area contributed by atoms with Gasteiger partial charge in [-0.25, -0.2) is 4.68 Å². The molecule has 1 heterocycles. The summed E-state index contributed by atoms with van der Waals surface area (Å²) in [6.07, 6.45) is 3.54. The molecule has 0 atom stereocenters. The summed E-state index contributed by atoms with van der Waals surface area (Å²) in [6, 6.07) is 25.3. The molecule has 9 heteroatoms. The minimum absolute atomic E-state index is 0.0285. The first-order valence-corrected chi connectivity index (χ1v) is 13.7. The van der Waals surface area contributed by atoms with Gasteiger partial charge in [0, 0.05) is 36.2 Å². The highest BCUT2D eigenvalue weighted by atomic mass is 16.6. The van der Waals surface area contributed by atoms with Crippen LogP contribution in [0.15, 0.2) is 91.0 Å². The van der Waals surface area contributed by atoms with Gasteiger partial charge in [0.25, 0.3) is 5.69 Å². The van der Waals surface area contributed by atoms with Crippen LogP contribution >= 0.6 is 0 Å². The van der Waals surface area contributed by atoms with Gasteiger partial charge in [0.05, 0.1) is 16.3 Å². The van der Waals surface area contributed by atoms with Gasteiger partial charge in [-0.05, 0) is 54.3 Å². The summed E-state index contributed by atoms with van der Waals surface area (Å²) in [7, 11) is 0. The predicted octanol–water partition coefficient (Wildman–Crippen LogP) is 6.11. The molecular formula is C33H35N5O4. The Hall–Kier alpha value is -5.05. The van der Waals surface area contributed by atoms with E-state index in [0.29, 0.717) is 24.3 Å². The van der Waals surface area contributed by atoms with Gasteiger partial charge in [-0.2, -0.15) is 5.10 Å². The van der Waals surface area contributed by atoms with Crippen LogP contribution in [0, 0.1) is 17.0 Å². The van der Waals surface area contributed by atoms with Crippen molar-refractivity contribution in [2.45, 2.75) is 39.5 Å². The maximum atomic E-state index is 13.4. The van der Waals surface area contributed by atoms with Crippen molar-refractivity contribution in [1.29, 1.82) is 0 Å². The number of anilines is 1. The summed E-state index contributed by atoms with van der Waals surface area (Å²) in [5.74, 6) is -0.173. The Morgan fingerprint density at radius 2 is 1.67 bits per heavy atom. The molecule has 42 heavy (non-hydrogen) atoms. The molecule has 0 spiro atoms. The molecule has 0 unspecified atom stereocenters. The molecular weight excluding hydrogens is 530 g/mol. The summed E-state index contributed by atoms with van der Waals surface area (Å²) in [5, 5.41) is 18.7. The largest absolute Gasteiger partial charge is 0.330 e. The Labute approximate surface area is 245 Å². The van der Waals surface area contributed by atoms with Crippen LogP contribution in [-0.4, -0.2) is 44.5 Å². The zero-order chi connectivity index (χ0) is 30.3. The number of amides is 2. The lowest BCUT2D eigenvalue weighted by Gasteiger charge is -2.21. The normalized spacial score (nSPS) is 11.4. The Bertz CT molecular complexity index is 1580. The lowest BCUT2D eigenvalue weighted by Crippen LogP contribution is -2.38. The second-order valence-electron chi connectivity index (χ2n) is 11.1. The van der Waals surface area contributed by atoms with Crippen molar-refractivity contribution < 1.29 is 14.5 Å². The number of benzene rings is 3. The second kappa shape index (κ2) is 13.1. The van der Waals surface area contributed by atoms with Crippen LogP contribution in [0.25, 0.3) is 11.8 Å². The number of aromatic nitrogens is 2. The average molecular weight is 566 g/mol. The molecule has 0 bridgehead atoms. The Kier molecular flexibility index (Phi) is 9.32. The molecule has 0 aliphatic carbocycles. The van der Waals surface area contributed by atoms with Crippen molar-refractivity contribution in [1.82, 2.24) is 14.7 Å². The molecule has 4 aromatic rings. The minimum atomic E-state index is -0.474. The molecule has 1 N–H and O–H groups in total. The monoisotopic (exact) mass is 565 g/mol. The second-order valence-corrected chi connectivity index (χ2v) is 11.1. The number of nitrogens with zero attached hydrogens (tertiary/aromatic N) is 4. The van der Waals surface area contributed by atoms with E-state index in [4.69, 9.17) is 5.10 Å². The summed E-state index contributed by atoms with van der Waals surface area (Å²) < 4.78 is 1.73. The number of hydrogen-bond donors (Lipinski definition) is 1. The average Bonchev–Trinajstić information content (AvgIpc) is 3.39. The van der Waals surface area contributed by atoms with E-state index in [1.807, 2.05) is 67.6 Å². The van der Waals surface area contributed by atoms with Crippen LogP contribution < -0.4 is 5.32 Å². The quantitative estimate of drug-likeness (QED) is 0.142. The van der Waals surface area contributed by atoms with Gasteiger partial charge >= 0.3 is 0 Å². The number of para-hydroxylation sites is 1. The molecule has 0 radical (unpaired) electrons. The maximum absolute atomic E-state index is 13.4. The fourth-order valence-electron chi connectivity index (χ4n) is 4.33. The third-order valence-electron chi connectivity index (χ3n) is 6.77. The summed E-state index contributed by atoms with van der Waals surface area (Å²) in [4.78, 5) is 38.7. The van der Waals surface area contributed by atoms with Gasteiger partial charge < -0.3 is 10.2 Å². The van der Waals surface area contributed by atoms with Gasteiger partial charge in [0.15, 0.2) is 0 Å².